The van der Waals surface area contributed by atoms with Crippen molar-refractivity contribution in [2.45, 2.75) is 113 Å². The first kappa shape index (κ1) is 50.8. The number of hydrogen-bond acceptors (Lipinski definition) is 15. The SMILES string of the molecule is CC[C@H](C)[C@@H]1NC(=O)CNC(=O)[C@H](Cc2c([S+]=O)[nH]c3cc(O)ccc23)NC(=O)[C@H]([C@@H](C)[C@@H](O)CO)NC(=O)[C@@H]2C[C@@H](O)CN2C(=O)[C@H](CC(N)=O)NC(=O)[C@H](C)NC(O)CNC1=O. The molecule has 1 aromatic heterocycles. The number of amides is 8. The number of aliphatic hydroxyl groups excluding tert-OH is 4. The van der Waals surface area contributed by atoms with Crippen LogP contribution in [-0.4, -0.2) is 164 Å². The highest BCUT2D eigenvalue weighted by Gasteiger charge is 2.44. The van der Waals surface area contributed by atoms with Gasteiger partial charge in [-0.1, -0.05) is 27.2 Å². The Morgan fingerprint density at radius 1 is 0.922 bits per heavy atom. The Morgan fingerprint density at radius 3 is 2.25 bits per heavy atom. The van der Waals surface area contributed by atoms with Gasteiger partial charge in [-0.3, -0.25) is 43.7 Å². The van der Waals surface area contributed by atoms with Crippen molar-refractivity contribution in [2.24, 2.45) is 17.6 Å². The number of nitrogens with one attached hydrogen (secondary N) is 8. The number of aromatic nitrogens is 1. The van der Waals surface area contributed by atoms with E-state index in [1.807, 2.05) is 0 Å². The van der Waals surface area contributed by atoms with Gasteiger partial charge in [0.25, 0.3) is 0 Å². The molecule has 2 aliphatic heterocycles. The number of primary amides is 1. The summed E-state index contributed by atoms with van der Waals surface area (Å²) < 4.78 is 12.3. The molecule has 0 aliphatic carbocycles. The molecule has 1 unspecified atom stereocenters. The summed E-state index contributed by atoms with van der Waals surface area (Å²) in [5.41, 5.74) is 5.93. The van der Waals surface area contributed by atoms with Crippen LogP contribution in [0.4, 0.5) is 0 Å². The zero-order valence-corrected chi connectivity index (χ0v) is 36.4. The van der Waals surface area contributed by atoms with Gasteiger partial charge in [0, 0.05) is 41.0 Å². The zero-order chi connectivity index (χ0) is 47.6. The molecule has 352 valence electrons. The first-order valence-electron chi connectivity index (χ1n) is 20.6. The number of aliphatic hydroxyl groups is 4. The van der Waals surface area contributed by atoms with Crippen LogP contribution in [0, 0.1) is 11.8 Å². The second kappa shape index (κ2) is 22.7. The molecule has 2 aromatic rings. The second-order valence-corrected chi connectivity index (χ2v) is 16.6. The third-order valence-corrected chi connectivity index (χ3v) is 11.8. The van der Waals surface area contributed by atoms with E-state index in [2.05, 4.69) is 42.2 Å². The van der Waals surface area contributed by atoms with E-state index in [1.54, 1.807) is 13.8 Å². The number of carbonyl (C=O) groups is 8. The molecule has 3 heterocycles. The molecule has 0 saturated carbocycles. The number of phenolic OH excluding ortho intramolecular Hbond substituents is 1. The quantitative estimate of drug-likeness (QED) is 0.0990. The molecule has 64 heavy (non-hydrogen) atoms. The van der Waals surface area contributed by atoms with Crippen molar-refractivity contribution < 1.29 is 68.1 Å². The Hall–Kier alpha value is -5.86. The first-order chi connectivity index (χ1) is 30.2. The Kier molecular flexibility index (Phi) is 18.0. The lowest BCUT2D eigenvalue weighted by Gasteiger charge is -2.32. The fraction of sp³-hybridized carbons (Fsp3) is 0.590. The normalized spacial score (nSPS) is 27.7. The van der Waals surface area contributed by atoms with Gasteiger partial charge in [0.1, 0.15) is 42.2 Å². The highest BCUT2D eigenvalue weighted by atomic mass is 32.1. The number of rotatable bonds is 10. The summed E-state index contributed by atoms with van der Waals surface area (Å²) in [5.74, 6) is -9.67. The zero-order valence-electron chi connectivity index (χ0n) is 35.6. The molecule has 24 nitrogen and oxygen atoms in total. The van der Waals surface area contributed by atoms with Gasteiger partial charge in [0.05, 0.1) is 55.4 Å². The van der Waals surface area contributed by atoms with Gasteiger partial charge in [-0.15, -0.1) is 0 Å². The molecule has 2 aliphatic rings. The lowest BCUT2D eigenvalue weighted by atomic mass is 9.93. The summed E-state index contributed by atoms with van der Waals surface area (Å²) in [6.45, 7) is 3.42. The smallest absolute Gasteiger partial charge is 0.508 e. The summed E-state index contributed by atoms with van der Waals surface area (Å²) in [7, 11) is 0. The van der Waals surface area contributed by atoms with E-state index in [-0.39, 0.29) is 28.0 Å². The molecule has 4 rings (SSSR count). The van der Waals surface area contributed by atoms with Crippen LogP contribution in [0.3, 0.4) is 0 Å². The minimum absolute atomic E-state index is 0.00606. The topological polar surface area (TPSA) is 384 Å². The van der Waals surface area contributed by atoms with E-state index >= 15 is 0 Å². The summed E-state index contributed by atoms with van der Waals surface area (Å²) >= 11 is 0.0205. The molecular weight excluding hydrogens is 865 g/mol. The van der Waals surface area contributed by atoms with E-state index in [1.165, 1.54) is 32.0 Å². The molecule has 11 atom stereocenters. The number of phenols is 1. The number of fused-ring (bicyclic) bond motifs is 2. The highest BCUT2D eigenvalue weighted by Crippen LogP contribution is 2.28. The van der Waals surface area contributed by atoms with Gasteiger partial charge in [0.2, 0.25) is 47.3 Å². The van der Waals surface area contributed by atoms with Crippen LogP contribution in [0.5, 0.6) is 5.75 Å². The number of carbonyl (C=O) groups excluding carboxylic acids is 8. The van der Waals surface area contributed by atoms with Crippen LogP contribution >= 0.6 is 0 Å². The molecule has 1 aromatic carbocycles. The summed E-state index contributed by atoms with van der Waals surface area (Å²) in [6.07, 6.45) is -5.74. The minimum atomic E-state index is -1.78. The monoisotopic (exact) mass is 921 g/mol. The molecule has 0 radical (unpaired) electrons. The van der Waals surface area contributed by atoms with Crippen LogP contribution in [0.1, 0.15) is 52.5 Å². The standard InChI is InChI=1S/C39H56N10O14S/c1-5-16(2)31-36(60)42-12-29(55)43-18(4)33(57)45-25(11-28(40)54)39(62)49-14-20(52)9-26(49)35(59)48-32(17(3)27(53)15-50)37(61)44-24(34(58)41-13-30(56)47-31)10-22-21-7-6-19(51)8-23(21)46-38(22)64-63/h6-8,16-18,20,24-27,29,31-32,43,50,52-53,55H,5,9-15H2,1-4H3,(H9-,40,41,42,44,45,46,47,48,51,54,56,57,58,59,60,61,63)/p+1/t16-,17-,18-,20+,24-,25-,26-,27-,29?,31-,32-/m0/s1. The van der Waals surface area contributed by atoms with E-state index in [0.29, 0.717) is 17.3 Å². The number of β-amino-alcohol motifs (C(OH)–C–C–N with tert-alkyl or cyclic N) is 1. The van der Waals surface area contributed by atoms with Crippen LogP contribution < -0.4 is 43.0 Å². The van der Waals surface area contributed by atoms with Crippen molar-refractivity contribution in [3.8, 4) is 5.75 Å². The molecule has 2 saturated heterocycles. The second-order valence-electron chi connectivity index (χ2n) is 16.0. The maximum absolute atomic E-state index is 14.3. The molecule has 0 bridgehead atoms. The van der Waals surface area contributed by atoms with Crippen molar-refractivity contribution in [3.05, 3.63) is 23.8 Å². The van der Waals surface area contributed by atoms with Gasteiger partial charge in [-0.25, -0.2) is 0 Å². The Balaban J connectivity index is 1.79. The van der Waals surface area contributed by atoms with Gasteiger partial charge >= 0.3 is 16.7 Å². The maximum atomic E-state index is 14.3. The lowest BCUT2D eigenvalue weighted by molar-refractivity contribution is -0.144. The number of aromatic hydroxyl groups is 1. The maximum Gasteiger partial charge on any atom is 0.525 e. The van der Waals surface area contributed by atoms with E-state index in [0.717, 1.165) is 4.90 Å². The van der Waals surface area contributed by atoms with Crippen molar-refractivity contribution in [1.29, 1.82) is 0 Å². The van der Waals surface area contributed by atoms with Crippen LogP contribution in [-0.2, 0) is 60.7 Å². The highest BCUT2D eigenvalue weighted by molar-refractivity contribution is 7.65. The molecule has 0 spiro atoms. The Morgan fingerprint density at radius 2 is 1.61 bits per heavy atom. The summed E-state index contributed by atoms with van der Waals surface area (Å²) in [4.78, 5) is 112. The third kappa shape index (κ3) is 12.9. The van der Waals surface area contributed by atoms with Gasteiger partial charge in [-0.2, -0.15) is 0 Å². The number of nitrogens with two attached hydrogens (primary N) is 1. The molecule has 2 fully saturated rings. The minimum Gasteiger partial charge on any atom is -0.508 e. The van der Waals surface area contributed by atoms with Crippen molar-refractivity contribution >= 4 is 69.8 Å². The third-order valence-electron chi connectivity index (χ3n) is 11.3. The fourth-order valence-electron chi connectivity index (χ4n) is 7.39. The van der Waals surface area contributed by atoms with Crippen LogP contribution in [0.15, 0.2) is 23.2 Å². The van der Waals surface area contributed by atoms with Gasteiger partial charge < -0.3 is 73.1 Å². The van der Waals surface area contributed by atoms with E-state index in [4.69, 9.17) is 5.73 Å². The molecular formula is C39H57N10O14S+. The fourth-order valence-corrected chi connectivity index (χ4v) is 7.84. The van der Waals surface area contributed by atoms with Crippen molar-refractivity contribution in [1.82, 2.24) is 47.1 Å². The summed E-state index contributed by atoms with van der Waals surface area (Å²) in [5, 5.41) is 69.7. The van der Waals surface area contributed by atoms with Crippen molar-refractivity contribution in [2.75, 3.05) is 26.2 Å². The largest absolute Gasteiger partial charge is 0.525 e. The van der Waals surface area contributed by atoms with Crippen LogP contribution in [0.2, 0.25) is 0 Å². The predicted molar refractivity (Wildman–Crippen MR) is 224 cm³/mol. The first-order valence-corrected chi connectivity index (χ1v) is 21.3. The van der Waals surface area contributed by atoms with E-state index in [9.17, 15) is 68.1 Å². The molecule has 25 heteroatoms. The molecule has 8 amide bonds. The Bertz CT molecular complexity index is 2090. The number of aromatic amines is 1. The predicted octanol–water partition coefficient (Wildman–Crippen LogP) is -5.44. The average Bonchev–Trinajstić information content (AvgIpc) is 3.82. The number of hydrogen-bond donors (Lipinski definition) is 14. The van der Waals surface area contributed by atoms with Gasteiger partial charge in [0.15, 0.2) is 0 Å². The number of benzene rings is 1. The molecule has 15 N–H and O–H groups in total. The lowest BCUT2D eigenvalue weighted by Crippen LogP contribution is -2.61. The van der Waals surface area contributed by atoms with Gasteiger partial charge in [-0.05, 0) is 25.0 Å². The number of nitrogens with zero attached hydrogens (tertiary/aromatic N) is 1. The average molecular weight is 922 g/mol. The number of H-pyrrole nitrogens is 1. The summed E-state index contributed by atoms with van der Waals surface area (Å²) in [6, 6.07) is -5.02. The van der Waals surface area contributed by atoms with Crippen molar-refractivity contribution in [3.63, 3.8) is 0 Å². The van der Waals surface area contributed by atoms with Crippen LogP contribution in [0.25, 0.3) is 10.9 Å². The Labute approximate surface area is 370 Å². The van der Waals surface area contributed by atoms with E-state index < -0.39 is 159 Å².